The number of thiophene rings is 1. The van der Waals surface area contributed by atoms with Gasteiger partial charge in [-0.15, -0.1) is 11.3 Å². The normalized spacial score (nSPS) is 15.2. The standard InChI is InChI=1S/C16H18N4O2S/c1-2-13-18-19(9-14(21)17-11-4-3-5-11)15(22)12-8-10-6-7-23-16(10)20(12)13/h6-8,11H,2-5,9H2,1H3,(H,17,21). The number of nitrogens with zero attached hydrogens (tertiary/aromatic N) is 3. The van der Waals surface area contributed by atoms with Crippen molar-refractivity contribution in [2.75, 3.05) is 0 Å². The van der Waals surface area contributed by atoms with E-state index in [1.807, 2.05) is 28.8 Å². The average Bonchev–Trinajstić information content (AvgIpc) is 3.07. The molecule has 120 valence electrons. The van der Waals surface area contributed by atoms with Crippen molar-refractivity contribution in [2.24, 2.45) is 0 Å². The van der Waals surface area contributed by atoms with Crippen LogP contribution in [0.15, 0.2) is 22.3 Å². The molecular formula is C16H18N4O2S. The van der Waals surface area contributed by atoms with Gasteiger partial charge in [0.2, 0.25) is 5.91 Å². The average molecular weight is 330 g/mol. The Balaban J connectivity index is 1.76. The van der Waals surface area contributed by atoms with E-state index in [9.17, 15) is 9.59 Å². The molecule has 1 fully saturated rings. The number of aryl methyl sites for hydroxylation is 1. The molecule has 0 aliphatic heterocycles. The van der Waals surface area contributed by atoms with Crippen molar-refractivity contribution in [1.29, 1.82) is 0 Å². The number of aromatic nitrogens is 3. The number of rotatable bonds is 4. The molecule has 1 amide bonds. The van der Waals surface area contributed by atoms with E-state index in [-0.39, 0.29) is 24.1 Å². The van der Waals surface area contributed by atoms with E-state index >= 15 is 0 Å². The van der Waals surface area contributed by atoms with E-state index in [0.29, 0.717) is 11.9 Å². The maximum absolute atomic E-state index is 12.7. The topological polar surface area (TPSA) is 68.4 Å². The summed E-state index contributed by atoms with van der Waals surface area (Å²) in [5.41, 5.74) is 0.379. The van der Waals surface area contributed by atoms with Crippen molar-refractivity contribution in [3.63, 3.8) is 0 Å². The molecule has 0 unspecified atom stereocenters. The van der Waals surface area contributed by atoms with Crippen molar-refractivity contribution < 1.29 is 4.79 Å². The maximum atomic E-state index is 12.7. The van der Waals surface area contributed by atoms with Gasteiger partial charge in [-0.05, 0) is 36.8 Å². The van der Waals surface area contributed by atoms with Crippen LogP contribution in [0.4, 0.5) is 0 Å². The quantitative estimate of drug-likeness (QED) is 0.795. The lowest BCUT2D eigenvalue weighted by Gasteiger charge is -2.26. The summed E-state index contributed by atoms with van der Waals surface area (Å²) in [7, 11) is 0. The van der Waals surface area contributed by atoms with Gasteiger partial charge in [0.05, 0.1) is 0 Å². The van der Waals surface area contributed by atoms with Crippen molar-refractivity contribution in [3.05, 3.63) is 33.7 Å². The van der Waals surface area contributed by atoms with E-state index in [2.05, 4.69) is 10.4 Å². The zero-order valence-electron chi connectivity index (χ0n) is 12.9. The molecule has 1 N–H and O–H groups in total. The lowest BCUT2D eigenvalue weighted by molar-refractivity contribution is -0.123. The van der Waals surface area contributed by atoms with Crippen molar-refractivity contribution >= 4 is 33.0 Å². The number of nitrogens with one attached hydrogen (secondary N) is 1. The molecule has 0 aromatic carbocycles. The van der Waals surface area contributed by atoms with Crippen LogP contribution in [-0.2, 0) is 17.8 Å². The predicted octanol–water partition coefficient (Wildman–Crippen LogP) is 1.94. The molecule has 0 radical (unpaired) electrons. The second-order valence-electron chi connectivity index (χ2n) is 5.97. The highest BCUT2D eigenvalue weighted by atomic mass is 32.1. The van der Waals surface area contributed by atoms with Gasteiger partial charge in [0, 0.05) is 17.8 Å². The zero-order valence-corrected chi connectivity index (χ0v) is 13.7. The molecule has 0 saturated heterocycles. The minimum atomic E-state index is -0.214. The van der Waals surface area contributed by atoms with Crippen molar-refractivity contribution in [2.45, 2.75) is 45.2 Å². The second kappa shape index (κ2) is 5.49. The SMILES string of the molecule is CCc1nn(CC(=O)NC2CCC2)c(=O)c2cc3ccsc3n12. The molecule has 7 heteroatoms. The Kier molecular flexibility index (Phi) is 3.45. The fraction of sp³-hybridized carbons (Fsp3) is 0.438. The molecule has 6 nitrogen and oxygen atoms in total. The van der Waals surface area contributed by atoms with Gasteiger partial charge in [-0.3, -0.25) is 14.0 Å². The number of fused-ring (bicyclic) bond motifs is 3. The summed E-state index contributed by atoms with van der Waals surface area (Å²) in [6, 6.07) is 4.15. The van der Waals surface area contributed by atoms with Crippen LogP contribution in [0.3, 0.4) is 0 Å². The van der Waals surface area contributed by atoms with E-state index in [0.717, 1.165) is 35.3 Å². The van der Waals surface area contributed by atoms with Gasteiger partial charge in [0.15, 0.2) is 0 Å². The second-order valence-corrected chi connectivity index (χ2v) is 6.87. The highest BCUT2D eigenvalue weighted by molar-refractivity contribution is 7.16. The molecule has 1 saturated carbocycles. The number of carbonyl (C=O) groups is 1. The smallest absolute Gasteiger partial charge is 0.291 e. The van der Waals surface area contributed by atoms with Crippen LogP contribution in [0.5, 0.6) is 0 Å². The summed E-state index contributed by atoms with van der Waals surface area (Å²) < 4.78 is 3.22. The Labute approximate surface area is 136 Å². The molecule has 3 aromatic rings. The number of amides is 1. The van der Waals surface area contributed by atoms with Gasteiger partial charge in [-0.25, -0.2) is 4.68 Å². The van der Waals surface area contributed by atoms with E-state index < -0.39 is 0 Å². The first kappa shape index (κ1) is 14.4. The molecule has 23 heavy (non-hydrogen) atoms. The van der Waals surface area contributed by atoms with Crippen molar-refractivity contribution in [3.8, 4) is 0 Å². The first-order chi connectivity index (χ1) is 11.2. The molecule has 3 aromatic heterocycles. The van der Waals surface area contributed by atoms with Crippen molar-refractivity contribution in [1.82, 2.24) is 19.5 Å². The number of hydrogen-bond acceptors (Lipinski definition) is 4. The van der Waals surface area contributed by atoms with Gasteiger partial charge < -0.3 is 5.32 Å². The van der Waals surface area contributed by atoms with Gasteiger partial charge >= 0.3 is 0 Å². The predicted molar refractivity (Wildman–Crippen MR) is 90.0 cm³/mol. The van der Waals surface area contributed by atoms with E-state index in [4.69, 9.17) is 0 Å². The Morgan fingerprint density at radius 1 is 1.48 bits per heavy atom. The highest BCUT2D eigenvalue weighted by Gasteiger charge is 2.21. The zero-order chi connectivity index (χ0) is 16.0. The van der Waals surface area contributed by atoms with Gasteiger partial charge in [0.1, 0.15) is 22.7 Å². The lowest BCUT2D eigenvalue weighted by atomic mass is 9.93. The van der Waals surface area contributed by atoms with E-state index in [1.165, 1.54) is 4.68 Å². The Hall–Kier alpha value is -2.15. The molecular weight excluding hydrogens is 312 g/mol. The third kappa shape index (κ3) is 2.35. The number of hydrogen-bond donors (Lipinski definition) is 1. The van der Waals surface area contributed by atoms with Crippen LogP contribution in [-0.4, -0.2) is 26.1 Å². The molecule has 3 heterocycles. The Morgan fingerprint density at radius 3 is 3.00 bits per heavy atom. The minimum absolute atomic E-state index is 0.0162. The monoisotopic (exact) mass is 330 g/mol. The Morgan fingerprint density at radius 2 is 2.30 bits per heavy atom. The molecule has 1 aliphatic rings. The first-order valence-corrected chi connectivity index (χ1v) is 8.83. The summed E-state index contributed by atoms with van der Waals surface area (Å²) in [6.45, 7) is 1.99. The molecule has 1 aliphatic carbocycles. The van der Waals surface area contributed by atoms with Crippen LogP contribution in [0.1, 0.15) is 32.0 Å². The first-order valence-electron chi connectivity index (χ1n) is 7.95. The Bertz CT molecular complexity index is 948. The largest absolute Gasteiger partial charge is 0.352 e. The minimum Gasteiger partial charge on any atom is -0.352 e. The molecule has 0 atom stereocenters. The summed E-state index contributed by atoms with van der Waals surface area (Å²) in [5, 5.41) is 10.4. The summed E-state index contributed by atoms with van der Waals surface area (Å²) in [6.07, 6.45) is 3.92. The van der Waals surface area contributed by atoms with Crippen LogP contribution in [0.2, 0.25) is 0 Å². The molecule has 4 rings (SSSR count). The third-order valence-corrected chi connectivity index (χ3v) is 5.35. The van der Waals surface area contributed by atoms with Gasteiger partial charge in [-0.2, -0.15) is 5.10 Å². The molecule has 0 spiro atoms. The van der Waals surface area contributed by atoms with Gasteiger partial charge in [-0.1, -0.05) is 6.92 Å². The van der Waals surface area contributed by atoms with Crippen LogP contribution < -0.4 is 10.9 Å². The number of carbonyl (C=O) groups excluding carboxylic acids is 1. The molecule has 0 bridgehead atoms. The van der Waals surface area contributed by atoms with Crippen LogP contribution in [0, 0.1) is 0 Å². The van der Waals surface area contributed by atoms with Crippen LogP contribution >= 0.6 is 11.3 Å². The fourth-order valence-corrected chi connectivity index (χ4v) is 3.91. The highest BCUT2D eigenvalue weighted by Crippen LogP contribution is 2.24. The fourth-order valence-electron chi connectivity index (χ4n) is 3.00. The van der Waals surface area contributed by atoms with Crippen LogP contribution in [0.25, 0.3) is 15.7 Å². The summed E-state index contributed by atoms with van der Waals surface area (Å²) in [4.78, 5) is 25.8. The van der Waals surface area contributed by atoms with E-state index in [1.54, 1.807) is 11.3 Å². The third-order valence-electron chi connectivity index (χ3n) is 4.44. The summed E-state index contributed by atoms with van der Waals surface area (Å²) >= 11 is 1.60. The summed E-state index contributed by atoms with van der Waals surface area (Å²) in [5.74, 6) is 0.664. The maximum Gasteiger partial charge on any atom is 0.291 e. The lowest BCUT2D eigenvalue weighted by Crippen LogP contribution is -2.43. The van der Waals surface area contributed by atoms with Gasteiger partial charge in [0.25, 0.3) is 5.56 Å².